The highest BCUT2D eigenvalue weighted by atomic mass is 19.1. The Morgan fingerprint density at radius 3 is 2.76 bits per heavy atom. The summed E-state index contributed by atoms with van der Waals surface area (Å²) in [6.07, 6.45) is 13.2. The first kappa shape index (κ1) is 27.9. The van der Waals surface area contributed by atoms with Gasteiger partial charge in [0.05, 0.1) is 22.5 Å². The highest BCUT2D eigenvalue weighted by Crippen LogP contribution is 2.50. The third-order valence-corrected chi connectivity index (χ3v) is 9.04. The van der Waals surface area contributed by atoms with Crippen LogP contribution in [-0.4, -0.2) is 30.5 Å². The smallest absolute Gasteiger partial charge is 0.251 e. The van der Waals surface area contributed by atoms with Crippen molar-refractivity contribution < 1.29 is 9.18 Å². The fourth-order valence-corrected chi connectivity index (χ4v) is 6.24. The van der Waals surface area contributed by atoms with Crippen LogP contribution in [0.3, 0.4) is 0 Å². The number of aromatic nitrogens is 1. The van der Waals surface area contributed by atoms with E-state index in [9.17, 15) is 14.4 Å². The van der Waals surface area contributed by atoms with E-state index >= 15 is 0 Å². The van der Waals surface area contributed by atoms with Gasteiger partial charge in [0.2, 0.25) is 0 Å². The zero-order valence-corrected chi connectivity index (χ0v) is 24.6. The van der Waals surface area contributed by atoms with Crippen LogP contribution < -0.4 is 20.8 Å². The van der Waals surface area contributed by atoms with Gasteiger partial charge in [-0.3, -0.25) is 4.79 Å². The summed E-state index contributed by atoms with van der Waals surface area (Å²) in [5.74, 6) is -0.479. The second-order valence-electron chi connectivity index (χ2n) is 12.6. The second-order valence-corrected chi connectivity index (χ2v) is 12.6. The molecule has 3 aliphatic carbocycles. The lowest BCUT2D eigenvalue weighted by Gasteiger charge is -2.33. The molecule has 1 aliphatic heterocycles. The third-order valence-electron chi connectivity index (χ3n) is 9.04. The molecule has 5 nitrogen and oxygen atoms in total. The van der Waals surface area contributed by atoms with E-state index in [4.69, 9.17) is 4.98 Å². The number of hydrogen-bond donors (Lipinski definition) is 1. The first-order valence-corrected chi connectivity index (χ1v) is 14.7. The van der Waals surface area contributed by atoms with Crippen molar-refractivity contribution in [2.45, 2.75) is 46.5 Å². The zero-order chi connectivity index (χ0) is 29.6. The van der Waals surface area contributed by atoms with Gasteiger partial charge in [-0.1, -0.05) is 54.5 Å². The molecule has 0 saturated carbocycles. The molecule has 6 rings (SSSR count). The summed E-state index contributed by atoms with van der Waals surface area (Å²) in [5.41, 5.74) is 6.37. The molecule has 42 heavy (non-hydrogen) atoms. The van der Waals surface area contributed by atoms with Gasteiger partial charge in [0, 0.05) is 48.3 Å². The van der Waals surface area contributed by atoms with Gasteiger partial charge in [-0.15, -0.1) is 0 Å². The average Bonchev–Trinajstić information content (AvgIpc) is 3.67. The Labute approximate surface area is 247 Å². The Morgan fingerprint density at radius 2 is 2.05 bits per heavy atom. The number of anilines is 1. The molecule has 1 radical (unpaired) electrons. The maximum absolute atomic E-state index is 14.5. The molecule has 0 bridgehead atoms. The van der Waals surface area contributed by atoms with Crippen LogP contribution in [0.2, 0.25) is 0 Å². The van der Waals surface area contributed by atoms with Gasteiger partial charge in [-0.05, 0) is 80.7 Å². The van der Waals surface area contributed by atoms with Crippen LogP contribution in [0.4, 0.5) is 10.1 Å². The molecule has 1 fully saturated rings. The van der Waals surface area contributed by atoms with E-state index in [-0.39, 0.29) is 17.1 Å². The molecule has 1 aromatic heterocycles. The lowest BCUT2D eigenvalue weighted by molar-refractivity contribution is -0.117. The normalized spacial score (nSPS) is 24.7. The molecule has 2 atom stereocenters. The van der Waals surface area contributed by atoms with Gasteiger partial charge < -0.3 is 10.2 Å². The van der Waals surface area contributed by atoms with E-state index in [2.05, 4.69) is 48.4 Å². The summed E-state index contributed by atoms with van der Waals surface area (Å²) in [7, 11) is 0. The molecule has 1 amide bonds. The van der Waals surface area contributed by atoms with E-state index in [0.717, 1.165) is 71.0 Å². The quantitative estimate of drug-likeness (QED) is 0.362. The Kier molecular flexibility index (Phi) is 7.01. The van der Waals surface area contributed by atoms with Crippen molar-refractivity contribution in [2.24, 2.45) is 10.8 Å². The number of nitrogens with one attached hydrogen (secondary N) is 1. The minimum Gasteiger partial charge on any atom is -0.371 e. The lowest BCUT2D eigenvalue weighted by Crippen LogP contribution is -2.41. The zero-order valence-electron chi connectivity index (χ0n) is 24.6. The maximum Gasteiger partial charge on any atom is 0.251 e. The van der Waals surface area contributed by atoms with Crippen LogP contribution in [-0.2, 0) is 4.79 Å². The number of allylic oxidation sites excluding steroid dienone is 5. The number of hydrogen-bond acceptors (Lipinski definition) is 4. The van der Waals surface area contributed by atoms with Crippen molar-refractivity contribution in [3.05, 3.63) is 99.7 Å². The predicted molar refractivity (Wildman–Crippen MR) is 166 cm³/mol. The third kappa shape index (κ3) is 5.36. The fraction of sp³-hybridized carbons (Fsp3) is 0.333. The molecular weight excluding hydrogens is 523 g/mol. The molecule has 2 heterocycles. The first-order valence-electron chi connectivity index (χ1n) is 14.7. The number of halogens is 1. The minimum atomic E-state index is -0.689. The topological polar surface area (TPSA) is 69.0 Å². The van der Waals surface area contributed by atoms with Crippen LogP contribution in [0.5, 0.6) is 0 Å². The summed E-state index contributed by atoms with van der Waals surface area (Å²) in [5, 5.41) is 15.0. The summed E-state index contributed by atoms with van der Waals surface area (Å²) in [6, 6.07) is 11.6. The Hall–Kier alpha value is -4.24. The maximum atomic E-state index is 14.5. The number of benzene rings is 1. The molecule has 4 aliphatic rings. The van der Waals surface area contributed by atoms with E-state index in [1.54, 1.807) is 12.1 Å². The second kappa shape index (κ2) is 10.5. The number of nitriles is 1. The van der Waals surface area contributed by atoms with Gasteiger partial charge in [0.1, 0.15) is 5.82 Å². The minimum absolute atomic E-state index is 0.215. The highest BCUT2D eigenvalue weighted by molar-refractivity contribution is 5.96. The van der Waals surface area contributed by atoms with Gasteiger partial charge in [0.15, 0.2) is 0 Å². The molecule has 1 N–H and O–H groups in total. The van der Waals surface area contributed by atoms with Crippen molar-refractivity contribution >= 4 is 23.7 Å². The lowest BCUT2D eigenvalue weighted by atomic mass is 9.76. The summed E-state index contributed by atoms with van der Waals surface area (Å²) < 4.78 is 14.5. The van der Waals surface area contributed by atoms with E-state index in [0.29, 0.717) is 18.5 Å². The molecule has 2 aromatic rings. The fourth-order valence-electron chi connectivity index (χ4n) is 6.24. The Morgan fingerprint density at radius 1 is 1.24 bits per heavy atom. The van der Waals surface area contributed by atoms with Crippen LogP contribution in [0, 0.1) is 34.4 Å². The number of amides is 1. The SMILES string of the molecule is C=C/C(=C\C1=C(C)CC2=C([CH]2)C[C@@]1(C)C#N)C(=O)NCC1(C)C=c2nc(-c3cc(F)cc(N4CCC4)c3)ccc2=CC1. The van der Waals surface area contributed by atoms with Crippen molar-refractivity contribution in [1.82, 2.24) is 10.3 Å². The van der Waals surface area contributed by atoms with E-state index < -0.39 is 5.41 Å². The Bertz CT molecular complexity index is 1770. The van der Waals surface area contributed by atoms with Gasteiger partial charge >= 0.3 is 0 Å². The van der Waals surface area contributed by atoms with Crippen molar-refractivity contribution in [1.29, 1.82) is 5.26 Å². The van der Waals surface area contributed by atoms with Gasteiger partial charge in [-0.2, -0.15) is 5.26 Å². The number of carbonyl (C=O) groups is 1. The van der Waals surface area contributed by atoms with Crippen LogP contribution >= 0.6 is 0 Å². The molecule has 213 valence electrons. The van der Waals surface area contributed by atoms with E-state index in [1.165, 1.54) is 17.2 Å². The number of fused-ring (bicyclic) bond motifs is 1. The average molecular weight is 560 g/mol. The largest absolute Gasteiger partial charge is 0.371 e. The summed E-state index contributed by atoms with van der Waals surface area (Å²) in [6.45, 7) is 12.3. The predicted octanol–water partition coefficient (Wildman–Crippen LogP) is 5.45. The molecule has 1 saturated heterocycles. The van der Waals surface area contributed by atoms with Gasteiger partial charge in [0.25, 0.3) is 5.91 Å². The van der Waals surface area contributed by atoms with Crippen molar-refractivity contribution in [3.63, 3.8) is 0 Å². The summed E-state index contributed by atoms with van der Waals surface area (Å²) in [4.78, 5) is 20.5. The molecule has 0 spiro atoms. The summed E-state index contributed by atoms with van der Waals surface area (Å²) >= 11 is 0. The van der Waals surface area contributed by atoms with Crippen LogP contribution in [0.1, 0.15) is 46.5 Å². The molecular formula is C36H36FN4O. The van der Waals surface area contributed by atoms with Gasteiger partial charge in [-0.25, -0.2) is 9.37 Å². The first-order chi connectivity index (χ1) is 20.1. The number of rotatable bonds is 7. The molecule has 1 unspecified atom stereocenters. The monoisotopic (exact) mass is 559 g/mol. The number of pyridine rings is 1. The molecule has 1 aromatic carbocycles. The van der Waals surface area contributed by atoms with Crippen molar-refractivity contribution in [3.8, 4) is 17.3 Å². The van der Waals surface area contributed by atoms with Crippen LogP contribution in [0.15, 0.2) is 76.9 Å². The van der Waals surface area contributed by atoms with Crippen molar-refractivity contribution in [2.75, 3.05) is 24.5 Å². The number of carbonyl (C=O) groups excluding carboxylic acids is 1. The van der Waals surface area contributed by atoms with E-state index in [1.807, 2.05) is 38.1 Å². The Balaban J connectivity index is 1.22. The molecule has 6 heteroatoms. The van der Waals surface area contributed by atoms with Crippen LogP contribution in [0.25, 0.3) is 23.4 Å². The highest BCUT2D eigenvalue weighted by Gasteiger charge is 2.39. The standard InChI is InChI=1S/C36H36FN4O/c1-5-24(17-31-23(2)13-26-14-28(26)19-36(31,4)21-38)34(42)39-22-35(3)10-9-25-7-8-32(40-33(25)20-35)27-15-29(37)18-30(16-27)41-11-6-12-41/h5,7-9,14-18,20H,1,6,10-13,19,22H2,2-4H3,(H,39,42)/b24-17+/t35?,36-/m0/s1. The number of nitrogens with zero attached hydrogens (tertiary/aromatic N) is 3.